The van der Waals surface area contributed by atoms with E-state index >= 15 is 0 Å². The number of hydrogen-bond donors (Lipinski definition) is 2. The number of aliphatic hydroxyl groups is 1. The van der Waals surface area contributed by atoms with Gasteiger partial charge in [-0.15, -0.1) is 0 Å². The lowest BCUT2D eigenvalue weighted by molar-refractivity contribution is 0.243. The van der Waals surface area contributed by atoms with Crippen LogP contribution in [0.5, 0.6) is 0 Å². The topological polar surface area (TPSA) is 32.3 Å². The van der Waals surface area contributed by atoms with E-state index in [9.17, 15) is 0 Å². The fourth-order valence-corrected chi connectivity index (χ4v) is 3.02. The summed E-state index contributed by atoms with van der Waals surface area (Å²) in [4.78, 5) is 0. The zero-order valence-corrected chi connectivity index (χ0v) is 13.1. The molecule has 20 heavy (non-hydrogen) atoms. The third kappa shape index (κ3) is 4.76. The molecule has 2 atom stereocenters. The molecule has 0 heterocycles. The average molecular weight is 296 g/mol. The molecule has 1 fully saturated rings. The van der Waals surface area contributed by atoms with Gasteiger partial charge in [-0.2, -0.15) is 0 Å². The zero-order chi connectivity index (χ0) is 14.4. The molecule has 0 saturated heterocycles. The molecule has 0 spiro atoms. The fourth-order valence-electron chi connectivity index (χ4n) is 2.89. The van der Waals surface area contributed by atoms with E-state index < -0.39 is 0 Å². The summed E-state index contributed by atoms with van der Waals surface area (Å²) >= 11 is 5.97. The molecule has 0 radical (unpaired) electrons. The summed E-state index contributed by atoms with van der Waals surface area (Å²) in [5.74, 6) is 1.35. The third-order valence-electron chi connectivity index (χ3n) is 4.18. The van der Waals surface area contributed by atoms with Gasteiger partial charge in [-0.1, -0.05) is 37.1 Å². The lowest BCUT2D eigenvalue weighted by Gasteiger charge is -2.23. The van der Waals surface area contributed by atoms with Crippen LogP contribution in [0.15, 0.2) is 24.3 Å². The Kier molecular flexibility index (Phi) is 6.34. The summed E-state index contributed by atoms with van der Waals surface area (Å²) in [5, 5.41) is 13.7. The number of rotatable bonds is 9. The van der Waals surface area contributed by atoms with Crippen LogP contribution in [-0.2, 0) is 0 Å². The fraction of sp³-hybridized carbons (Fsp3) is 0.647. The predicted octanol–water partition coefficient (Wildman–Crippen LogP) is 4.18. The molecule has 112 valence electrons. The van der Waals surface area contributed by atoms with Gasteiger partial charge in [0.05, 0.1) is 0 Å². The molecular formula is C17H26ClNO. The van der Waals surface area contributed by atoms with E-state index in [0.29, 0.717) is 18.6 Å². The van der Waals surface area contributed by atoms with Crippen LogP contribution in [0, 0.1) is 11.8 Å². The highest BCUT2D eigenvalue weighted by Gasteiger charge is 2.32. The van der Waals surface area contributed by atoms with Gasteiger partial charge >= 0.3 is 0 Å². The number of halogens is 1. The normalized spacial score (nSPS) is 17.9. The van der Waals surface area contributed by atoms with Crippen LogP contribution in [0.4, 0.5) is 0 Å². The second kappa shape index (κ2) is 8.02. The Hall–Kier alpha value is -0.570. The molecule has 1 aromatic rings. The van der Waals surface area contributed by atoms with Crippen molar-refractivity contribution in [1.82, 2.24) is 5.32 Å². The largest absolute Gasteiger partial charge is 0.396 e. The molecule has 0 amide bonds. The third-order valence-corrected chi connectivity index (χ3v) is 4.44. The number of benzene rings is 1. The van der Waals surface area contributed by atoms with E-state index in [2.05, 4.69) is 24.4 Å². The molecule has 1 aliphatic carbocycles. The summed E-state index contributed by atoms with van der Waals surface area (Å²) in [7, 11) is 0. The zero-order valence-electron chi connectivity index (χ0n) is 12.3. The lowest BCUT2D eigenvalue weighted by Crippen LogP contribution is -2.29. The molecule has 2 nitrogen and oxygen atoms in total. The van der Waals surface area contributed by atoms with Crippen LogP contribution in [0.25, 0.3) is 0 Å². The summed E-state index contributed by atoms with van der Waals surface area (Å²) in [6.45, 7) is 3.50. The SMILES string of the molecule is CCCC(CCO)CNC(c1ccc(Cl)cc1)C1CC1. The van der Waals surface area contributed by atoms with Gasteiger partial charge in [0.25, 0.3) is 0 Å². The van der Waals surface area contributed by atoms with E-state index in [4.69, 9.17) is 16.7 Å². The van der Waals surface area contributed by atoms with Crippen molar-refractivity contribution in [2.24, 2.45) is 11.8 Å². The summed E-state index contributed by atoms with van der Waals surface area (Å²) in [6, 6.07) is 8.68. The van der Waals surface area contributed by atoms with Gasteiger partial charge in [-0.3, -0.25) is 0 Å². The maximum atomic E-state index is 9.16. The van der Waals surface area contributed by atoms with Gasteiger partial charge in [0.2, 0.25) is 0 Å². The molecule has 1 aromatic carbocycles. The Morgan fingerprint density at radius 3 is 2.50 bits per heavy atom. The molecule has 3 heteroatoms. The van der Waals surface area contributed by atoms with E-state index in [1.807, 2.05) is 12.1 Å². The molecule has 0 bridgehead atoms. The first-order chi connectivity index (χ1) is 9.74. The van der Waals surface area contributed by atoms with Crippen LogP contribution in [0.2, 0.25) is 5.02 Å². The van der Waals surface area contributed by atoms with Crippen LogP contribution < -0.4 is 5.32 Å². The number of nitrogens with one attached hydrogen (secondary N) is 1. The highest BCUT2D eigenvalue weighted by Crippen LogP contribution is 2.41. The van der Waals surface area contributed by atoms with E-state index in [1.54, 1.807) is 0 Å². The van der Waals surface area contributed by atoms with Crippen LogP contribution in [-0.4, -0.2) is 18.3 Å². The Morgan fingerprint density at radius 1 is 1.25 bits per heavy atom. The summed E-state index contributed by atoms with van der Waals surface area (Å²) in [6.07, 6.45) is 5.91. The van der Waals surface area contributed by atoms with E-state index in [1.165, 1.54) is 31.2 Å². The van der Waals surface area contributed by atoms with E-state index in [-0.39, 0.29) is 0 Å². The van der Waals surface area contributed by atoms with Crippen molar-refractivity contribution in [2.45, 2.75) is 45.1 Å². The first-order valence-corrected chi connectivity index (χ1v) is 8.22. The highest BCUT2D eigenvalue weighted by molar-refractivity contribution is 6.30. The molecule has 0 aromatic heterocycles. The minimum absolute atomic E-state index is 0.293. The van der Waals surface area contributed by atoms with Gasteiger partial charge in [0, 0.05) is 17.7 Å². The smallest absolute Gasteiger partial charge is 0.0434 e. The molecule has 2 unspecified atom stereocenters. The minimum atomic E-state index is 0.293. The van der Waals surface area contributed by atoms with Crippen molar-refractivity contribution in [3.05, 3.63) is 34.9 Å². The number of aliphatic hydroxyl groups excluding tert-OH is 1. The maximum Gasteiger partial charge on any atom is 0.0434 e. The van der Waals surface area contributed by atoms with Crippen molar-refractivity contribution in [1.29, 1.82) is 0 Å². The standard InChI is InChI=1S/C17H26ClNO/c1-2-3-13(10-11-20)12-19-17(14-4-5-14)15-6-8-16(18)9-7-15/h6-9,13-14,17,19-20H,2-5,10-12H2,1H3. The van der Waals surface area contributed by atoms with Gasteiger partial charge in [-0.05, 0) is 61.8 Å². The van der Waals surface area contributed by atoms with Crippen LogP contribution in [0.3, 0.4) is 0 Å². The summed E-state index contributed by atoms with van der Waals surface area (Å²) in [5.41, 5.74) is 1.34. The first kappa shape index (κ1) is 15.8. The second-order valence-electron chi connectivity index (χ2n) is 5.94. The molecule has 2 N–H and O–H groups in total. The molecule has 2 rings (SSSR count). The predicted molar refractivity (Wildman–Crippen MR) is 85.0 cm³/mol. The minimum Gasteiger partial charge on any atom is -0.396 e. The molecule has 0 aliphatic heterocycles. The molecular weight excluding hydrogens is 270 g/mol. The van der Waals surface area contributed by atoms with Crippen LogP contribution >= 0.6 is 11.6 Å². The lowest BCUT2D eigenvalue weighted by atomic mass is 9.97. The highest BCUT2D eigenvalue weighted by atomic mass is 35.5. The van der Waals surface area contributed by atoms with E-state index in [0.717, 1.165) is 23.9 Å². The van der Waals surface area contributed by atoms with Gasteiger partial charge in [0.15, 0.2) is 0 Å². The Bertz CT molecular complexity index is 382. The average Bonchev–Trinajstić information content (AvgIpc) is 3.26. The Labute approximate surface area is 127 Å². The van der Waals surface area contributed by atoms with Crippen molar-refractivity contribution in [2.75, 3.05) is 13.2 Å². The molecule has 1 aliphatic rings. The van der Waals surface area contributed by atoms with Crippen molar-refractivity contribution in [3.8, 4) is 0 Å². The van der Waals surface area contributed by atoms with Gasteiger partial charge in [0.1, 0.15) is 0 Å². The number of hydrogen-bond acceptors (Lipinski definition) is 2. The van der Waals surface area contributed by atoms with Gasteiger partial charge in [-0.25, -0.2) is 0 Å². The van der Waals surface area contributed by atoms with Crippen molar-refractivity contribution >= 4 is 11.6 Å². The van der Waals surface area contributed by atoms with Crippen molar-refractivity contribution < 1.29 is 5.11 Å². The van der Waals surface area contributed by atoms with Crippen molar-refractivity contribution in [3.63, 3.8) is 0 Å². The van der Waals surface area contributed by atoms with Gasteiger partial charge < -0.3 is 10.4 Å². The quantitative estimate of drug-likeness (QED) is 0.716. The Morgan fingerprint density at radius 2 is 1.95 bits per heavy atom. The molecule has 1 saturated carbocycles. The Balaban J connectivity index is 1.93. The second-order valence-corrected chi connectivity index (χ2v) is 6.38. The van der Waals surface area contributed by atoms with Crippen LogP contribution in [0.1, 0.15) is 50.6 Å². The monoisotopic (exact) mass is 295 g/mol. The first-order valence-electron chi connectivity index (χ1n) is 7.84. The maximum absolute atomic E-state index is 9.16. The summed E-state index contributed by atoms with van der Waals surface area (Å²) < 4.78 is 0.